The second-order valence-corrected chi connectivity index (χ2v) is 7.42. The molecule has 0 rings (SSSR count). The minimum absolute atomic E-state index is 0.0120. The number of nitrogens with two attached hydrogens (primary N) is 1. The lowest BCUT2D eigenvalue weighted by molar-refractivity contribution is -0.143. The zero-order chi connectivity index (χ0) is 23.4. The van der Waals surface area contributed by atoms with E-state index in [1.54, 1.807) is 13.8 Å². The van der Waals surface area contributed by atoms with Crippen LogP contribution in [-0.4, -0.2) is 81.5 Å². The Morgan fingerprint density at radius 1 is 0.900 bits per heavy atom. The molecule has 0 saturated heterocycles. The van der Waals surface area contributed by atoms with Crippen LogP contribution < -0.4 is 21.7 Å². The number of carbonyl (C=O) groups excluding carboxylic acids is 3. The highest BCUT2D eigenvalue weighted by Crippen LogP contribution is 2.06. The number of carboxylic acid groups (broad SMARTS) is 2. The predicted octanol–water partition coefficient (Wildman–Crippen LogP) is -2.31. The highest BCUT2D eigenvalue weighted by Gasteiger charge is 2.30. The Labute approximate surface area is 179 Å². The number of hydrogen-bond acceptors (Lipinski definition) is 8. The molecule has 0 aliphatic rings. The van der Waals surface area contributed by atoms with E-state index in [-0.39, 0.29) is 24.5 Å². The molecule has 0 bridgehead atoms. The van der Waals surface area contributed by atoms with E-state index in [9.17, 15) is 29.1 Å². The smallest absolute Gasteiger partial charge is 0.326 e. The van der Waals surface area contributed by atoms with Crippen LogP contribution in [0.5, 0.6) is 0 Å². The van der Waals surface area contributed by atoms with Gasteiger partial charge in [-0.3, -0.25) is 19.2 Å². The van der Waals surface area contributed by atoms with Crippen LogP contribution in [0, 0.1) is 5.92 Å². The summed E-state index contributed by atoms with van der Waals surface area (Å²) >= 11 is 3.92. The number of nitrogens with one attached hydrogen (secondary N) is 3. The van der Waals surface area contributed by atoms with Gasteiger partial charge in [0, 0.05) is 12.2 Å². The SMILES string of the molecule is CC(C)CC(NC(=O)C(N)CS)C(=O)NC(CO)C(=O)NC(CCC(=O)O)C(=O)O. The highest BCUT2D eigenvalue weighted by atomic mass is 32.1. The number of thiol groups is 1. The highest BCUT2D eigenvalue weighted by molar-refractivity contribution is 7.80. The van der Waals surface area contributed by atoms with Crippen LogP contribution in [0.1, 0.15) is 33.1 Å². The van der Waals surface area contributed by atoms with Crippen molar-refractivity contribution in [2.45, 2.75) is 57.3 Å². The van der Waals surface area contributed by atoms with Crippen LogP contribution in [0.2, 0.25) is 0 Å². The van der Waals surface area contributed by atoms with Crippen LogP contribution in [-0.2, 0) is 24.0 Å². The summed E-state index contributed by atoms with van der Waals surface area (Å²) in [5.74, 6) is -5.05. The molecule has 4 unspecified atom stereocenters. The first-order valence-corrected chi connectivity index (χ1v) is 9.89. The lowest BCUT2D eigenvalue weighted by Gasteiger charge is -2.25. The first-order chi connectivity index (χ1) is 13.9. The molecule has 3 amide bonds. The Kier molecular flexibility index (Phi) is 12.7. The Balaban J connectivity index is 5.18. The minimum Gasteiger partial charge on any atom is -0.481 e. The van der Waals surface area contributed by atoms with E-state index in [1.807, 2.05) is 0 Å². The van der Waals surface area contributed by atoms with Crippen molar-refractivity contribution in [2.24, 2.45) is 11.7 Å². The molecule has 0 aromatic rings. The molecule has 0 spiro atoms. The molecule has 0 fully saturated rings. The third-order valence-corrected chi connectivity index (χ3v) is 4.34. The fraction of sp³-hybridized carbons (Fsp3) is 0.706. The van der Waals surface area contributed by atoms with E-state index >= 15 is 0 Å². The van der Waals surface area contributed by atoms with Crippen molar-refractivity contribution in [3.8, 4) is 0 Å². The molecule has 4 atom stereocenters. The van der Waals surface area contributed by atoms with E-state index in [0.717, 1.165) is 0 Å². The van der Waals surface area contributed by atoms with Gasteiger partial charge in [-0.05, 0) is 18.8 Å². The van der Waals surface area contributed by atoms with Crippen molar-refractivity contribution in [3.63, 3.8) is 0 Å². The monoisotopic (exact) mass is 450 g/mol. The average Bonchev–Trinajstić information content (AvgIpc) is 2.66. The van der Waals surface area contributed by atoms with Crippen LogP contribution in [0.3, 0.4) is 0 Å². The maximum Gasteiger partial charge on any atom is 0.326 e. The van der Waals surface area contributed by atoms with Crippen molar-refractivity contribution in [2.75, 3.05) is 12.4 Å². The zero-order valence-electron chi connectivity index (χ0n) is 16.8. The Hall–Kier alpha value is -2.38. The van der Waals surface area contributed by atoms with Crippen LogP contribution in [0.15, 0.2) is 0 Å². The van der Waals surface area contributed by atoms with Gasteiger partial charge in [0.15, 0.2) is 0 Å². The van der Waals surface area contributed by atoms with Gasteiger partial charge in [-0.25, -0.2) is 4.79 Å². The molecule has 8 N–H and O–H groups in total. The summed E-state index contributed by atoms with van der Waals surface area (Å²) in [6.45, 7) is 2.77. The van der Waals surface area contributed by atoms with Gasteiger partial charge in [0.25, 0.3) is 0 Å². The minimum atomic E-state index is -1.51. The van der Waals surface area contributed by atoms with Gasteiger partial charge in [0.05, 0.1) is 12.6 Å². The summed E-state index contributed by atoms with van der Waals surface area (Å²) in [5, 5.41) is 34.0. The Morgan fingerprint density at radius 2 is 1.40 bits per heavy atom. The van der Waals surface area contributed by atoms with Crippen molar-refractivity contribution in [1.82, 2.24) is 16.0 Å². The summed E-state index contributed by atoms with van der Waals surface area (Å²) in [6, 6.07) is -5.01. The van der Waals surface area contributed by atoms with E-state index in [0.29, 0.717) is 0 Å². The number of rotatable bonds is 14. The Morgan fingerprint density at radius 3 is 1.83 bits per heavy atom. The van der Waals surface area contributed by atoms with Gasteiger partial charge in [-0.15, -0.1) is 0 Å². The molecular weight excluding hydrogens is 420 g/mol. The number of carboxylic acids is 2. The van der Waals surface area contributed by atoms with Crippen molar-refractivity contribution < 1.29 is 39.3 Å². The predicted molar refractivity (Wildman–Crippen MR) is 109 cm³/mol. The molecule has 0 aromatic heterocycles. The summed E-state index contributed by atoms with van der Waals surface area (Å²) in [5.41, 5.74) is 5.58. The third-order valence-electron chi connectivity index (χ3n) is 3.95. The molecule has 0 radical (unpaired) electrons. The quantitative estimate of drug-likeness (QED) is 0.133. The van der Waals surface area contributed by atoms with Crippen molar-refractivity contribution >= 4 is 42.3 Å². The van der Waals surface area contributed by atoms with Gasteiger partial charge in [0.2, 0.25) is 17.7 Å². The first-order valence-electron chi connectivity index (χ1n) is 9.25. The normalized spacial score (nSPS) is 14.9. The standard InChI is InChI=1S/C17H30N4O8S/c1-8(2)5-11(20-14(25)9(18)7-30)15(26)21-12(6-22)16(27)19-10(17(28)29)3-4-13(23)24/h8-12,22,30H,3-7,18H2,1-2H3,(H,19,27)(H,20,25)(H,21,26)(H,23,24)(H,28,29). The number of aliphatic hydroxyl groups excluding tert-OH is 1. The van der Waals surface area contributed by atoms with Crippen LogP contribution in [0.25, 0.3) is 0 Å². The third kappa shape index (κ3) is 10.4. The summed E-state index contributed by atoms with van der Waals surface area (Å²) in [7, 11) is 0. The van der Waals surface area contributed by atoms with Crippen molar-refractivity contribution in [1.29, 1.82) is 0 Å². The lowest BCUT2D eigenvalue weighted by Crippen LogP contribution is -2.58. The van der Waals surface area contributed by atoms with Crippen LogP contribution >= 0.6 is 12.6 Å². The maximum absolute atomic E-state index is 12.6. The number of aliphatic hydroxyl groups is 1. The first kappa shape index (κ1) is 27.6. The van der Waals surface area contributed by atoms with Gasteiger partial charge in [0.1, 0.15) is 18.1 Å². The summed E-state index contributed by atoms with van der Waals surface area (Å²) < 4.78 is 0. The lowest BCUT2D eigenvalue weighted by atomic mass is 10.0. The number of amides is 3. The summed E-state index contributed by atoms with van der Waals surface area (Å²) in [4.78, 5) is 58.7. The molecule has 172 valence electrons. The molecular formula is C17H30N4O8S. The molecule has 13 heteroatoms. The molecule has 12 nitrogen and oxygen atoms in total. The van der Waals surface area contributed by atoms with E-state index in [1.165, 1.54) is 0 Å². The van der Waals surface area contributed by atoms with Gasteiger partial charge in [-0.1, -0.05) is 13.8 Å². The molecule has 0 aliphatic carbocycles. The fourth-order valence-corrected chi connectivity index (χ4v) is 2.49. The van der Waals surface area contributed by atoms with E-state index in [4.69, 9.17) is 15.9 Å². The average molecular weight is 451 g/mol. The molecule has 0 saturated carbocycles. The zero-order valence-corrected chi connectivity index (χ0v) is 17.7. The molecule has 30 heavy (non-hydrogen) atoms. The fourth-order valence-electron chi connectivity index (χ4n) is 2.33. The topological polar surface area (TPSA) is 208 Å². The second-order valence-electron chi connectivity index (χ2n) is 7.06. The van der Waals surface area contributed by atoms with Gasteiger partial charge >= 0.3 is 11.9 Å². The van der Waals surface area contributed by atoms with Gasteiger partial charge < -0.3 is 37.0 Å². The number of aliphatic carboxylic acids is 2. The summed E-state index contributed by atoms with van der Waals surface area (Å²) in [6.07, 6.45) is -0.662. The molecule has 0 aliphatic heterocycles. The second kappa shape index (κ2) is 13.8. The van der Waals surface area contributed by atoms with Crippen LogP contribution in [0.4, 0.5) is 0 Å². The van der Waals surface area contributed by atoms with E-state index < -0.39 is 66.9 Å². The maximum atomic E-state index is 12.6. The number of hydrogen-bond donors (Lipinski definition) is 8. The Bertz CT molecular complexity index is 631. The van der Waals surface area contributed by atoms with Gasteiger partial charge in [-0.2, -0.15) is 12.6 Å². The van der Waals surface area contributed by atoms with E-state index in [2.05, 4.69) is 28.6 Å². The molecule has 0 heterocycles. The molecule has 0 aromatic carbocycles. The number of carbonyl (C=O) groups is 5. The largest absolute Gasteiger partial charge is 0.481 e. The van der Waals surface area contributed by atoms with Crippen molar-refractivity contribution in [3.05, 3.63) is 0 Å².